The van der Waals surface area contributed by atoms with Gasteiger partial charge in [0.2, 0.25) is 0 Å². The smallest absolute Gasteiger partial charge is 0.392 e. The average Bonchev–Trinajstić information content (AvgIpc) is 3.22. The van der Waals surface area contributed by atoms with Crippen molar-refractivity contribution in [2.24, 2.45) is 0 Å². The van der Waals surface area contributed by atoms with E-state index in [2.05, 4.69) is 10.1 Å². The van der Waals surface area contributed by atoms with Crippen LogP contribution in [0.1, 0.15) is 18.1 Å². The van der Waals surface area contributed by atoms with Crippen LogP contribution in [0.4, 0.5) is 31.1 Å². The zero-order valence-corrected chi connectivity index (χ0v) is 16.4. The molecule has 8 nitrogen and oxygen atoms in total. The van der Waals surface area contributed by atoms with Crippen LogP contribution in [0.5, 0.6) is 0 Å². The Morgan fingerprint density at radius 1 is 1.06 bits per heavy atom. The number of hydrogen-bond acceptors (Lipinski definition) is 5. The second kappa shape index (κ2) is 7.93. The van der Waals surface area contributed by atoms with Gasteiger partial charge < -0.3 is 5.11 Å². The number of aliphatic hydroxyl groups excluding tert-OH is 1. The van der Waals surface area contributed by atoms with Crippen molar-refractivity contribution in [3.05, 3.63) is 41.4 Å². The van der Waals surface area contributed by atoms with Gasteiger partial charge in [0, 0.05) is 12.6 Å². The second-order valence-corrected chi connectivity index (χ2v) is 6.96. The van der Waals surface area contributed by atoms with Gasteiger partial charge in [-0.2, -0.15) is 26.3 Å². The molecule has 172 valence electrons. The SMILES string of the molecule is CC(O)CN1C(=O)C(=Cn2cnc(-c3cc(C(F)(F)F)cc(C(F)(F)F)c3)n2)N(C)C1=O. The molecular formula is C18H15F6N5O3. The highest BCUT2D eigenvalue weighted by Gasteiger charge is 2.40. The standard InChI is InChI=1S/C18H15F6N5O3/c1-9(30)6-29-15(31)13(27(2)16(29)32)7-28-8-25-14(26-28)10-3-11(17(19,20)21)5-12(4-10)18(22,23)24/h3-5,7-9,30H,6H2,1-2H3. The molecule has 0 aliphatic carbocycles. The maximum absolute atomic E-state index is 13.1. The van der Waals surface area contributed by atoms with Gasteiger partial charge in [-0.15, -0.1) is 5.10 Å². The summed E-state index contributed by atoms with van der Waals surface area (Å²) in [6.07, 6.45) is -9.06. The van der Waals surface area contributed by atoms with E-state index in [0.29, 0.717) is 12.1 Å². The van der Waals surface area contributed by atoms with E-state index >= 15 is 0 Å². The number of β-amino-alcohol motifs (C(OH)–C–C–N with tert-alkyl or cyclic N) is 1. The third kappa shape index (κ3) is 4.59. The summed E-state index contributed by atoms with van der Waals surface area (Å²) < 4.78 is 79.2. The number of aromatic nitrogens is 3. The number of benzene rings is 1. The summed E-state index contributed by atoms with van der Waals surface area (Å²) in [5.74, 6) is -1.23. The van der Waals surface area contributed by atoms with Gasteiger partial charge >= 0.3 is 18.4 Å². The molecule has 1 aromatic carbocycles. The molecule has 32 heavy (non-hydrogen) atoms. The zero-order chi connectivity index (χ0) is 24.0. The maximum Gasteiger partial charge on any atom is 0.416 e. The fraction of sp³-hybridized carbons (Fsp3) is 0.333. The Morgan fingerprint density at radius 2 is 1.62 bits per heavy atom. The number of carbonyl (C=O) groups excluding carboxylic acids is 2. The van der Waals surface area contributed by atoms with Gasteiger partial charge in [-0.1, -0.05) is 0 Å². The molecule has 1 atom stereocenters. The summed E-state index contributed by atoms with van der Waals surface area (Å²) in [4.78, 5) is 30.0. The number of nitrogens with zero attached hydrogens (tertiary/aromatic N) is 5. The van der Waals surface area contributed by atoms with E-state index in [-0.39, 0.29) is 18.3 Å². The number of rotatable bonds is 4. The van der Waals surface area contributed by atoms with E-state index in [1.165, 1.54) is 14.0 Å². The van der Waals surface area contributed by atoms with Crippen molar-refractivity contribution < 1.29 is 41.0 Å². The molecule has 1 N–H and O–H groups in total. The van der Waals surface area contributed by atoms with Crippen molar-refractivity contribution in [2.45, 2.75) is 25.4 Å². The lowest BCUT2D eigenvalue weighted by Gasteiger charge is -2.14. The Morgan fingerprint density at radius 3 is 2.12 bits per heavy atom. The number of alkyl halides is 6. The number of halogens is 6. The molecule has 2 heterocycles. The summed E-state index contributed by atoms with van der Waals surface area (Å²) in [6, 6.07) is 0.206. The molecular weight excluding hydrogens is 448 g/mol. The van der Waals surface area contributed by atoms with Gasteiger partial charge in [-0.3, -0.25) is 14.6 Å². The van der Waals surface area contributed by atoms with Crippen molar-refractivity contribution in [1.82, 2.24) is 24.6 Å². The maximum atomic E-state index is 13.1. The van der Waals surface area contributed by atoms with Crippen LogP contribution in [0.2, 0.25) is 0 Å². The molecule has 1 aliphatic rings. The topological polar surface area (TPSA) is 91.6 Å². The number of amides is 3. The number of likely N-dealkylation sites (N-methyl/N-ethyl adjacent to an activating group) is 1. The van der Waals surface area contributed by atoms with E-state index in [1.54, 1.807) is 0 Å². The van der Waals surface area contributed by atoms with E-state index in [4.69, 9.17) is 0 Å². The minimum Gasteiger partial charge on any atom is -0.392 e. The highest BCUT2D eigenvalue weighted by molar-refractivity contribution is 6.13. The van der Waals surface area contributed by atoms with Crippen LogP contribution in [-0.2, 0) is 17.1 Å². The summed E-state index contributed by atoms with van der Waals surface area (Å²) in [5, 5.41) is 13.2. The van der Waals surface area contributed by atoms with Crippen LogP contribution in [0.25, 0.3) is 17.6 Å². The highest BCUT2D eigenvalue weighted by Crippen LogP contribution is 2.38. The molecule has 1 saturated heterocycles. The monoisotopic (exact) mass is 463 g/mol. The number of urea groups is 1. The molecule has 3 rings (SSSR count). The van der Waals surface area contributed by atoms with Crippen molar-refractivity contribution in [1.29, 1.82) is 0 Å². The minimum atomic E-state index is -5.03. The fourth-order valence-electron chi connectivity index (χ4n) is 2.90. The summed E-state index contributed by atoms with van der Waals surface area (Å²) in [6.45, 7) is 1.10. The van der Waals surface area contributed by atoms with Crippen LogP contribution in [0.3, 0.4) is 0 Å². The average molecular weight is 463 g/mol. The predicted octanol–water partition coefficient (Wildman–Crippen LogP) is 3.06. The molecule has 0 bridgehead atoms. The molecule has 1 aliphatic heterocycles. The highest BCUT2D eigenvalue weighted by atomic mass is 19.4. The van der Waals surface area contributed by atoms with Crippen LogP contribution < -0.4 is 0 Å². The summed E-state index contributed by atoms with van der Waals surface area (Å²) in [7, 11) is 1.27. The number of aliphatic hydroxyl groups is 1. The molecule has 1 unspecified atom stereocenters. The molecule has 1 aromatic heterocycles. The first-order valence-corrected chi connectivity index (χ1v) is 8.89. The molecule has 1 fully saturated rings. The summed E-state index contributed by atoms with van der Waals surface area (Å²) >= 11 is 0. The number of carbonyl (C=O) groups is 2. The lowest BCUT2D eigenvalue weighted by molar-refractivity contribution is -0.143. The fourth-order valence-corrected chi connectivity index (χ4v) is 2.90. The Kier molecular flexibility index (Phi) is 5.76. The van der Waals surface area contributed by atoms with Crippen molar-refractivity contribution in [3.8, 4) is 11.4 Å². The van der Waals surface area contributed by atoms with Crippen molar-refractivity contribution >= 4 is 18.1 Å². The lowest BCUT2D eigenvalue weighted by Crippen LogP contribution is -2.36. The Bertz CT molecular complexity index is 1060. The first-order chi connectivity index (χ1) is 14.7. The van der Waals surface area contributed by atoms with E-state index < -0.39 is 52.9 Å². The third-order valence-electron chi connectivity index (χ3n) is 4.40. The van der Waals surface area contributed by atoms with Crippen molar-refractivity contribution in [2.75, 3.05) is 13.6 Å². The largest absolute Gasteiger partial charge is 0.416 e. The van der Waals surface area contributed by atoms with E-state index in [1.807, 2.05) is 0 Å². The second-order valence-electron chi connectivity index (χ2n) is 6.96. The third-order valence-corrected chi connectivity index (χ3v) is 4.40. The minimum absolute atomic E-state index is 0.0169. The van der Waals surface area contributed by atoms with Crippen LogP contribution in [-0.4, -0.2) is 61.3 Å². The normalized spacial score (nSPS) is 17.6. The van der Waals surface area contributed by atoms with Gasteiger partial charge in [0.15, 0.2) is 5.82 Å². The van der Waals surface area contributed by atoms with Crippen molar-refractivity contribution in [3.63, 3.8) is 0 Å². The van der Waals surface area contributed by atoms with Gasteiger partial charge in [-0.25, -0.2) is 14.5 Å². The molecule has 14 heteroatoms. The van der Waals surface area contributed by atoms with Crippen LogP contribution >= 0.6 is 0 Å². The summed E-state index contributed by atoms with van der Waals surface area (Å²) in [5.41, 5.74) is -3.78. The molecule has 3 amide bonds. The van der Waals surface area contributed by atoms with Gasteiger partial charge in [0.1, 0.15) is 12.0 Å². The molecule has 0 saturated carbocycles. The van der Waals surface area contributed by atoms with E-state index in [9.17, 15) is 41.0 Å². The Balaban J connectivity index is 1.99. The van der Waals surface area contributed by atoms with Crippen LogP contribution in [0, 0.1) is 0 Å². The quantitative estimate of drug-likeness (QED) is 0.428. The lowest BCUT2D eigenvalue weighted by atomic mass is 10.0. The van der Waals surface area contributed by atoms with Gasteiger partial charge in [0.05, 0.1) is 30.0 Å². The number of hydrogen-bond donors (Lipinski definition) is 1. The van der Waals surface area contributed by atoms with Crippen LogP contribution in [0.15, 0.2) is 30.2 Å². The molecule has 0 spiro atoms. The van der Waals surface area contributed by atoms with Gasteiger partial charge in [0.25, 0.3) is 5.91 Å². The Hall–Kier alpha value is -3.42. The number of imide groups is 1. The first kappa shape index (κ1) is 23.2. The predicted molar refractivity (Wildman–Crippen MR) is 96.3 cm³/mol. The molecule has 0 radical (unpaired) electrons. The van der Waals surface area contributed by atoms with E-state index in [0.717, 1.165) is 27.0 Å². The van der Waals surface area contributed by atoms with Gasteiger partial charge in [-0.05, 0) is 25.1 Å². The first-order valence-electron chi connectivity index (χ1n) is 8.89. The zero-order valence-electron chi connectivity index (χ0n) is 16.4. The molecule has 2 aromatic rings. The Labute approximate surface area is 176 Å².